The number of pyridine rings is 1. The van der Waals surface area contributed by atoms with E-state index < -0.39 is 5.60 Å². The van der Waals surface area contributed by atoms with Crippen molar-refractivity contribution in [3.05, 3.63) is 66.0 Å². The maximum absolute atomic E-state index is 10.4. The van der Waals surface area contributed by atoms with Crippen molar-refractivity contribution in [3.8, 4) is 0 Å². The van der Waals surface area contributed by atoms with Crippen molar-refractivity contribution < 1.29 is 5.11 Å². The molecular formula is C14H15NO. The molecule has 1 aromatic carbocycles. The summed E-state index contributed by atoms with van der Waals surface area (Å²) in [6, 6.07) is 15.5. The molecule has 1 aromatic heterocycles. The zero-order chi connectivity index (χ0) is 11.4. The van der Waals surface area contributed by atoms with E-state index in [1.807, 2.05) is 48.5 Å². The fraction of sp³-hybridized carbons (Fsp3) is 0.214. The normalized spacial score (nSPS) is 14.4. The quantitative estimate of drug-likeness (QED) is 0.850. The van der Waals surface area contributed by atoms with Crippen molar-refractivity contribution in [2.45, 2.75) is 18.9 Å². The average Bonchev–Trinajstić information content (AvgIpc) is 2.31. The Hall–Kier alpha value is -1.67. The first-order valence-electron chi connectivity index (χ1n) is 5.36. The fourth-order valence-corrected chi connectivity index (χ4v) is 1.77. The third-order valence-electron chi connectivity index (χ3n) is 2.61. The van der Waals surface area contributed by atoms with Crippen LogP contribution in [0.2, 0.25) is 0 Å². The van der Waals surface area contributed by atoms with Crippen molar-refractivity contribution in [3.63, 3.8) is 0 Å². The van der Waals surface area contributed by atoms with Gasteiger partial charge in [-0.2, -0.15) is 0 Å². The maximum atomic E-state index is 10.4. The molecule has 0 aliphatic heterocycles. The van der Waals surface area contributed by atoms with Crippen molar-refractivity contribution >= 4 is 0 Å². The van der Waals surface area contributed by atoms with E-state index in [9.17, 15) is 5.11 Å². The maximum Gasteiger partial charge on any atom is 0.108 e. The molecule has 2 rings (SSSR count). The Kier molecular flexibility index (Phi) is 3.02. The lowest BCUT2D eigenvalue weighted by atomic mass is 9.93. The third-order valence-corrected chi connectivity index (χ3v) is 2.61. The van der Waals surface area contributed by atoms with Gasteiger partial charge in [0.05, 0.1) is 5.69 Å². The summed E-state index contributed by atoms with van der Waals surface area (Å²) in [7, 11) is 0. The summed E-state index contributed by atoms with van der Waals surface area (Å²) in [6.45, 7) is 1.79. The highest BCUT2D eigenvalue weighted by Crippen LogP contribution is 2.22. The second kappa shape index (κ2) is 4.45. The predicted octanol–water partition coefficient (Wildman–Crippen LogP) is 2.53. The summed E-state index contributed by atoms with van der Waals surface area (Å²) in [6.07, 6.45) is 2.28. The van der Waals surface area contributed by atoms with Gasteiger partial charge in [-0.15, -0.1) is 0 Å². The van der Waals surface area contributed by atoms with Crippen LogP contribution < -0.4 is 0 Å². The van der Waals surface area contributed by atoms with Crippen LogP contribution in [0.4, 0.5) is 0 Å². The summed E-state index contributed by atoms with van der Waals surface area (Å²) < 4.78 is 0. The highest BCUT2D eigenvalue weighted by Gasteiger charge is 2.24. The van der Waals surface area contributed by atoms with E-state index in [2.05, 4.69) is 4.98 Å². The molecule has 1 heterocycles. The first kappa shape index (κ1) is 10.8. The van der Waals surface area contributed by atoms with Gasteiger partial charge in [-0.25, -0.2) is 0 Å². The van der Waals surface area contributed by atoms with Crippen LogP contribution in [-0.4, -0.2) is 10.1 Å². The van der Waals surface area contributed by atoms with E-state index in [0.717, 1.165) is 5.56 Å². The molecule has 0 fully saturated rings. The molecule has 0 aliphatic carbocycles. The molecule has 0 radical (unpaired) electrons. The average molecular weight is 213 g/mol. The van der Waals surface area contributed by atoms with Gasteiger partial charge in [-0.05, 0) is 24.6 Å². The van der Waals surface area contributed by atoms with Gasteiger partial charge >= 0.3 is 0 Å². The van der Waals surface area contributed by atoms with Gasteiger partial charge in [0.2, 0.25) is 0 Å². The summed E-state index contributed by atoms with van der Waals surface area (Å²) in [4.78, 5) is 4.20. The topological polar surface area (TPSA) is 33.1 Å². The number of benzene rings is 1. The Balaban J connectivity index is 2.21. The highest BCUT2D eigenvalue weighted by atomic mass is 16.3. The third kappa shape index (κ3) is 2.47. The van der Waals surface area contributed by atoms with E-state index in [1.54, 1.807) is 13.1 Å². The minimum Gasteiger partial charge on any atom is -0.383 e. The van der Waals surface area contributed by atoms with Gasteiger partial charge < -0.3 is 5.11 Å². The Morgan fingerprint density at radius 3 is 2.38 bits per heavy atom. The van der Waals surface area contributed by atoms with E-state index in [0.29, 0.717) is 12.1 Å². The standard InChI is InChI=1S/C14H15NO/c1-14(16,13-9-5-6-10-15-13)11-12-7-3-2-4-8-12/h2-10,16H,11H2,1H3. The molecule has 1 atom stereocenters. The van der Waals surface area contributed by atoms with Crippen LogP contribution in [0.15, 0.2) is 54.7 Å². The molecule has 82 valence electrons. The van der Waals surface area contributed by atoms with Crippen molar-refractivity contribution in [1.29, 1.82) is 0 Å². The Morgan fingerprint density at radius 1 is 1.06 bits per heavy atom. The molecule has 2 aromatic rings. The lowest BCUT2D eigenvalue weighted by molar-refractivity contribution is 0.0530. The molecule has 2 nitrogen and oxygen atoms in total. The molecule has 0 bridgehead atoms. The van der Waals surface area contributed by atoms with Crippen LogP contribution >= 0.6 is 0 Å². The molecule has 1 unspecified atom stereocenters. The first-order valence-corrected chi connectivity index (χ1v) is 5.36. The van der Waals surface area contributed by atoms with Crippen LogP contribution in [0.25, 0.3) is 0 Å². The lowest BCUT2D eigenvalue weighted by Crippen LogP contribution is -2.25. The van der Waals surface area contributed by atoms with Crippen molar-refractivity contribution in [1.82, 2.24) is 4.98 Å². The molecule has 0 amide bonds. The second-order valence-electron chi connectivity index (χ2n) is 4.15. The largest absolute Gasteiger partial charge is 0.383 e. The minimum atomic E-state index is -0.914. The van der Waals surface area contributed by atoms with Crippen LogP contribution in [0.5, 0.6) is 0 Å². The first-order chi connectivity index (χ1) is 7.68. The van der Waals surface area contributed by atoms with Gasteiger partial charge in [0.15, 0.2) is 0 Å². The number of aromatic nitrogens is 1. The summed E-state index contributed by atoms with van der Waals surface area (Å²) >= 11 is 0. The Labute approximate surface area is 95.6 Å². The Bertz CT molecular complexity index is 437. The van der Waals surface area contributed by atoms with E-state index in [-0.39, 0.29) is 0 Å². The molecular weight excluding hydrogens is 198 g/mol. The van der Waals surface area contributed by atoms with Crippen molar-refractivity contribution in [2.24, 2.45) is 0 Å². The highest BCUT2D eigenvalue weighted by molar-refractivity contribution is 5.21. The lowest BCUT2D eigenvalue weighted by Gasteiger charge is -2.22. The second-order valence-corrected chi connectivity index (χ2v) is 4.15. The van der Waals surface area contributed by atoms with Crippen LogP contribution in [0.3, 0.4) is 0 Å². The van der Waals surface area contributed by atoms with Crippen LogP contribution in [0, 0.1) is 0 Å². The SMILES string of the molecule is CC(O)(Cc1ccccc1)c1ccccn1. The Morgan fingerprint density at radius 2 is 1.75 bits per heavy atom. The predicted molar refractivity (Wildman–Crippen MR) is 64.0 cm³/mol. The van der Waals surface area contributed by atoms with E-state index >= 15 is 0 Å². The van der Waals surface area contributed by atoms with Gasteiger partial charge in [-0.1, -0.05) is 36.4 Å². The number of aliphatic hydroxyl groups is 1. The summed E-state index contributed by atoms with van der Waals surface area (Å²) in [5.41, 5.74) is 0.903. The molecule has 1 N–H and O–H groups in total. The number of hydrogen-bond acceptors (Lipinski definition) is 2. The smallest absolute Gasteiger partial charge is 0.108 e. The van der Waals surface area contributed by atoms with E-state index in [1.165, 1.54) is 0 Å². The van der Waals surface area contributed by atoms with Gasteiger partial charge in [-0.3, -0.25) is 4.98 Å². The molecule has 2 heteroatoms. The zero-order valence-corrected chi connectivity index (χ0v) is 9.30. The monoisotopic (exact) mass is 213 g/mol. The van der Waals surface area contributed by atoms with Crippen molar-refractivity contribution in [2.75, 3.05) is 0 Å². The molecule has 0 spiro atoms. The zero-order valence-electron chi connectivity index (χ0n) is 9.30. The number of nitrogens with zero attached hydrogens (tertiary/aromatic N) is 1. The molecule has 0 saturated heterocycles. The van der Waals surface area contributed by atoms with Gasteiger partial charge in [0.1, 0.15) is 5.60 Å². The molecule has 0 aliphatic rings. The number of rotatable bonds is 3. The van der Waals surface area contributed by atoms with Crippen LogP contribution in [0.1, 0.15) is 18.2 Å². The summed E-state index contributed by atoms with van der Waals surface area (Å²) in [5, 5.41) is 10.4. The minimum absolute atomic E-state index is 0.574. The fourth-order valence-electron chi connectivity index (χ4n) is 1.77. The molecule has 0 saturated carbocycles. The van der Waals surface area contributed by atoms with Gasteiger partial charge in [0.25, 0.3) is 0 Å². The number of hydrogen-bond donors (Lipinski definition) is 1. The van der Waals surface area contributed by atoms with E-state index in [4.69, 9.17) is 0 Å². The van der Waals surface area contributed by atoms with Gasteiger partial charge in [0, 0.05) is 12.6 Å². The van der Waals surface area contributed by atoms with Crippen LogP contribution in [-0.2, 0) is 12.0 Å². The molecule has 16 heavy (non-hydrogen) atoms. The summed E-state index contributed by atoms with van der Waals surface area (Å²) in [5.74, 6) is 0.